The standard InChI is InChI=1S/C24H29FN2O3S/c1-17(19-9-8-18-5-2-3-6-20(18)15-19)26-24(28)21-7-4-14-27(16-21)31(29,30)23-12-10-22(25)11-13-23/h8-13,15,17,21H,2-7,14,16H2,1H3,(H,26,28)/t17-,21-/m1/s1. The molecular formula is C24H29FN2O3S. The van der Waals surface area contributed by atoms with Crippen molar-refractivity contribution in [1.82, 2.24) is 9.62 Å². The second kappa shape index (κ2) is 9.09. The van der Waals surface area contributed by atoms with E-state index in [1.54, 1.807) is 0 Å². The van der Waals surface area contributed by atoms with Crippen LogP contribution in [0, 0.1) is 11.7 Å². The maximum Gasteiger partial charge on any atom is 0.243 e. The Labute approximate surface area is 183 Å². The van der Waals surface area contributed by atoms with Crippen LogP contribution in [-0.2, 0) is 27.7 Å². The minimum atomic E-state index is -3.75. The molecule has 2 atom stereocenters. The van der Waals surface area contributed by atoms with Crippen molar-refractivity contribution in [2.24, 2.45) is 5.92 Å². The largest absolute Gasteiger partial charge is 0.349 e. The monoisotopic (exact) mass is 444 g/mol. The lowest BCUT2D eigenvalue weighted by molar-refractivity contribution is -0.126. The molecule has 2 aromatic rings. The molecule has 1 aliphatic heterocycles. The molecule has 5 nitrogen and oxygen atoms in total. The molecular weight excluding hydrogens is 415 g/mol. The number of nitrogens with one attached hydrogen (secondary N) is 1. The third-order valence-corrected chi connectivity index (χ3v) is 8.32. The Kier molecular flexibility index (Phi) is 6.44. The number of sulfonamides is 1. The lowest BCUT2D eigenvalue weighted by Crippen LogP contribution is -2.45. The van der Waals surface area contributed by atoms with Crippen molar-refractivity contribution in [2.75, 3.05) is 13.1 Å². The van der Waals surface area contributed by atoms with E-state index in [-0.39, 0.29) is 23.4 Å². The number of fused-ring (bicyclic) bond motifs is 1. The Balaban J connectivity index is 1.42. The number of halogens is 1. The Morgan fingerprint density at radius 1 is 1.06 bits per heavy atom. The van der Waals surface area contributed by atoms with Crippen LogP contribution >= 0.6 is 0 Å². The third-order valence-electron chi connectivity index (χ3n) is 6.44. The van der Waals surface area contributed by atoms with Crippen LogP contribution < -0.4 is 5.32 Å². The number of carbonyl (C=O) groups excluding carboxylic acids is 1. The number of benzene rings is 2. The fourth-order valence-corrected chi connectivity index (χ4v) is 6.09. The zero-order chi connectivity index (χ0) is 22.0. The summed E-state index contributed by atoms with van der Waals surface area (Å²) in [5, 5.41) is 3.08. The number of carbonyl (C=O) groups is 1. The summed E-state index contributed by atoms with van der Waals surface area (Å²) in [6.07, 6.45) is 5.92. The van der Waals surface area contributed by atoms with Gasteiger partial charge < -0.3 is 5.32 Å². The van der Waals surface area contributed by atoms with E-state index in [1.165, 1.54) is 40.4 Å². The lowest BCUT2D eigenvalue weighted by atomic mass is 9.89. The predicted molar refractivity (Wildman–Crippen MR) is 118 cm³/mol. The Hall–Kier alpha value is -2.25. The van der Waals surface area contributed by atoms with Crippen LogP contribution in [0.25, 0.3) is 0 Å². The van der Waals surface area contributed by atoms with Gasteiger partial charge in [0.05, 0.1) is 16.9 Å². The average molecular weight is 445 g/mol. The summed E-state index contributed by atoms with van der Waals surface area (Å²) in [6.45, 7) is 2.48. The van der Waals surface area contributed by atoms with Gasteiger partial charge in [0.2, 0.25) is 15.9 Å². The quantitative estimate of drug-likeness (QED) is 0.759. The molecule has 31 heavy (non-hydrogen) atoms. The fraction of sp³-hybridized carbons (Fsp3) is 0.458. The molecule has 0 unspecified atom stereocenters. The van der Waals surface area contributed by atoms with Crippen molar-refractivity contribution in [3.05, 3.63) is 65.0 Å². The van der Waals surface area contributed by atoms with Crippen molar-refractivity contribution in [3.8, 4) is 0 Å². The second-order valence-electron chi connectivity index (χ2n) is 8.62. The van der Waals surface area contributed by atoms with Gasteiger partial charge in [0.15, 0.2) is 0 Å². The van der Waals surface area contributed by atoms with E-state index in [2.05, 4.69) is 23.5 Å². The molecule has 0 spiro atoms. The molecule has 1 heterocycles. The molecule has 7 heteroatoms. The number of hydrogen-bond acceptors (Lipinski definition) is 3. The topological polar surface area (TPSA) is 66.5 Å². The maximum atomic E-state index is 13.2. The van der Waals surface area contributed by atoms with Gasteiger partial charge in [0, 0.05) is 13.1 Å². The van der Waals surface area contributed by atoms with E-state index >= 15 is 0 Å². The van der Waals surface area contributed by atoms with Gasteiger partial charge in [-0.2, -0.15) is 4.31 Å². The number of aryl methyl sites for hydroxylation is 2. The number of piperidine rings is 1. The summed E-state index contributed by atoms with van der Waals surface area (Å²) in [4.78, 5) is 13.0. The van der Waals surface area contributed by atoms with Crippen molar-refractivity contribution in [2.45, 2.75) is 56.4 Å². The summed E-state index contributed by atoms with van der Waals surface area (Å²) in [6, 6.07) is 11.1. The highest BCUT2D eigenvalue weighted by atomic mass is 32.2. The van der Waals surface area contributed by atoms with Gasteiger partial charge in [0.25, 0.3) is 0 Å². The van der Waals surface area contributed by atoms with E-state index in [0.29, 0.717) is 19.4 Å². The summed E-state index contributed by atoms with van der Waals surface area (Å²) in [5.74, 6) is -1.00. The first kappa shape index (κ1) is 22.0. The van der Waals surface area contributed by atoms with Crippen LogP contribution in [-0.4, -0.2) is 31.7 Å². The Bertz CT molecular complexity index is 1050. The van der Waals surface area contributed by atoms with Crippen LogP contribution in [0.2, 0.25) is 0 Å². The molecule has 1 fully saturated rings. The molecule has 0 aromatic heterocycles. The van der Waals surface area contributed by atoms with Gasteiger partial charge in [0.1, 0.15) is 5.82 Å². The molecule has 4 rings (SSSR count). The second-order valence-corrected chi connectivity index (χ2v) is 10.6. The van der Waals surface area contributed by atoms with Crippen molar-refractivity contribution in [1.29, 1.82) is 0 Å². The molecule has 1 saturated heterocycles. The highest BCUT2D eigenvalue weighted by molar-refractivity contribution is 7.89. The normalized spacial score (nSPS) is 20.6. The first-order chi connectivity index (χ1) is 14.8. The molecule has 1 amide bonds. The van der Waals surface area contributed by atoms with Crippen molar-refractivity contribution in [3.63, 3.8) is 0 Å². The van der Waals surface area contributed by atoms with Gasteiger partial charge >= 0.3 is 0 Å². The van der Waals surface area contributed by atoms with Crippen LogP contribution in [0.15, 0.2) is 47.4 Å². The summed E-state index contributed by atoms with van der Waals surface area (Å²) >= 11 is 0. The van der Waals surface area contributed by atoms with Gasteiger partial charge in [-0.05, 0) is 86.4 Å². The average Bonchev–Trinajstić information content (AvgIpc) is 2.79. The molecule has 166 valence electrons. The number of nitrogens with zero attached hydrogens (tertiary/aromatic N) is 1. The number of amides is 1. The summed E-state index contributed by atoms with van der Waals surface area (Å²) in [7, 11) is -3.75. The van der Waals surface area contributed by atoms with E-state index < -0.39 is 21.8 Å². The molecule has 0 saturated carbocycles. The predicted octanol–water partition coefficient (Wildman–Crippen LogP) is 3.98. The molecule has 2 aliphatic rings. The van der Waals surface area contributed by atoms with Crippen molar-refractivity contribution < 1.29 is 17.6 Å². The lowest BCUT2D eigenvalue weighted by Gasteiger charge is -2.32. The van der Waals surface area contributed by atoms with E-state index in [1.807, 2.05) is 6.92 Å². The summed E-state index contributed by atoms with van der Waals surface area (Å²) < 4.78 is 40.4. The first-order valence-corrected chi connectivity index (χ1v) is 12.5. The zero-order valence-corrected chi connectivity index (χ0v) is 18.6. The SMILES string of the molecule is C[C@@H](NC(=O)[C@@H]1CCCN(S(=O)(=O)c2ccc(F)cc2)C1)c1ccc2c(c1)CCCC2. The highest BCUT2D eigenvalue weighted by Gasteiger charge is 2.33. The minimum absolute atomic E-state index is 0.0531. The Morgan fingerprint density at radius 2 is 1.77 bits per heavy atom. The minimum Gasteiger partial charge on any atom is -0.349 e. The van der Waals surface area contributed by atoms with Crippen LogP contribution in [0.4, 0.5) is 4.39 Å². The smallest absolute Gasteiger partial charge is 0.243 e. The Morgan fingerprint density at radius 3 is 2.52 bits per heavy atom. The number of rotatable bonds is 5. The zero-order valence-electron chi connectivity index (χ0n) is 17.8. The highest BCUT2D eigenvalue weighted by Crippen LogP contribution is 2.27. The van der Waals surface area contributed by atoms with E-state index in [4.69, 9.17) is 0 Å². The van der Waals surface area contributed by atoms with Gasteiger partial charge in [-0.15, -0.1) is 0 Å². The van der Waals surface area contributed by atoms with Crippen molar-refractivity contribution >= 4 is 15.9 Å². The van der Waals surface area contributed by atoms with Gasteiger partial charge in [-0.25, -0.2) is 12.8 Å². The number of hydrogen-bond donors (Lipinski definition) is 1. The first-order valence-electron chi connectivity index (χ1n) is 11.0. The molecule has 0 radical (unpaired) electrons. The van der Waals surface area contributed by atoms with Crippen LogP contribution in [0.1, 0.15) is 55.3 Å². The van der Waals surface area contributed by atoms with Crippen LogP contribution in [0.5, 0.6) is 0 Å². The maximum absolute atomic E-state index is 13.2. The van der Waals surface area contributed by atoms with E-state index in [9.17, 15) is 17.6 Å². The molecule has 1 N–H and O–H groups in total. The molecule has 0 bridgehead atoms. The molecule has 1 aliphatic carbocycles. The molecule has 2 aromatic carbocycles. The van der Waals surface area contributed by atoms with E-state index in [0.717, 1.165) is 30.5 Å². The van der Waals surface area contributed by atoms with Gasteiger partial charge in [-0.3, -0.25) is 4.79 Å². The fourth-order valence-electron chi connectivity index (χ4n) is 4.57. The third kappa shape index (κ3) is 4.83. The van der Waals surface area contributed by atoms with Gasteiger partial charge in [-0.1, -0.05) is 18.2 Å². The summed E-state index contributed by atoms with van der Waals surface area (Å²) in [5.41, 5.74) is 3.86. The van der Waals surface area contributed by atoms with Crippen LogP contribution in [0.3, 0.4) is 0 Å².